The SMILES string of the molecule is O=C1OC2C=CC[C@]23CCCN13. The monoisotopic (exact) mass is 165 g/mol. The number of hydrogen-bond acceptors (Lipinski definition) is 2. The van der Waals surface area contributed by atoms with Gasteiger partial charge in [-0.1, -0.05) is 6.08 Å². The summed E-state index contributed by atoms with van der Waals surface area (Å²) in [4.78, 5) is 13.2. The molecule has 2 saturated heterocycles. The van der Waals surface area contributed by atoms with Crippen LogP contribution in [0.2, 0.25) is 0 Å². The lowest BCUT2D eigenvalue weighted by Crippen LogP contribution is -2.43. The predicted molar refractivity (Wildman–Crippen MR) is 42.7 cm³/mol. The Kier molecular flexibility index (Phi) is 1.000. The quantitative estimate of drug-likeness (QED) is 0.506. The van der Waals surface area contributed by atoms with Gasteiger partial charge in [0, 0.05) is 6.54 Å². The van der Waals surface area contributed by atoms with Crippen molar-refractivity contribution in [3.8, 4) is 0 Å². The third-order valence-corrected chi connectivity index (χ3v) is 3.29. The van der Waals surface area contributed by atoms with Crippen molar-refractivity contribution in [2.75, 3.05) is 6.54 Å². The molecule has 1 amide bonds. The van der Waals surface area contributed by atoms with Crippen LogP contribution in [0.1, 0.15) is 19.3 Å². The van der Waals surface area contributed by atoms with Crippen molar-refractivity contribution in [2.45, 2.75) is 30.9 Å². The molecule has 64 valence electrons. The molecule has 2 atom stereocenters. The molecule has 1 unspecified atom stereocenters. The Morgan fingerprint density at radius 2 is 2.58 bits per heavy atom. The minimum absolute atomic E-state index is 0.0388. The van der Waals surface area contributed by atoms with Gasteiger partial charge in [0.1, 0.15) is 6.10 Å². The number of nitrogens with zero attached hydrogens (tertiary/aromatic N) is 1. The van der Waals surface area contributed by atoms with E-state index in [9.17, 15) is 4.79 Å². The summed E-state index contributed by atoms with van der Waals surface area (Å²) >= 11 is 0. The molecule has 1 spiro atoms. The fraction of sp³-hybridized carbons (Fsp3) is 0.667. The molecule has 0 aromatic rings. The molecule has 2 heterocycles. The summed E-state index contributed by atoms with van der Waals surface area (Å²) in [5.41, 5.74) is 0.0388. The lowest BCUT2D eigenvalue weighted by atomic mass is 9.92. The van der Waals surface area contributed by atoms with Crippen LogP contribution >= 0.6 is 0 Å². The highest BCUT2D eigenvalue weighted by molar-refractivity contribution is 5.73. The molecule has 2 aliphatic heterocycles. The van der Waals surface area contributed by atoms with Gasteiger partial charge in [-0.15, -0.1) is 0 Å². The molecule has 0 radical (unpaired) electrons. The standard InChI is InChI=1S/C9H11NO2/c11-8-10-6-2-5-9(10)4-1-3-7(9)12-8/h1,3,7H,2,4-6H2/t7?,9-/m0/s1. The van der Waals surface area contributed by atoms with Gasteiger partial charge in [-0.25, -0.2) is 4.79 Å². The Morgan fingerprint density at radius 3 is 3.50 bits per heavy atom. The normalized spacial score (nSPS) is 43.2. The van der Waals surface area contributed by atoms with Gasteiger partial charge in [0.15, 0.2) is 0 Å². The summed E-state index contributed by atoms with van der Waals surface area (Å²) in [5.74, 6) is 0. The first kappa shape index (κ1) is 6.52. The molecule has 3 nitrogen and oxygen atoms in total. The van der Waals surface area contributed by atoms with Gasteiger partial charge in [-0.05, 0) is 25.3 Å². The van der Waals surface area contributed by atoms with E-state index in [0.717, 1.165) is 25.8 Å². The molecule has 0 bridgehead atoms. The van der Waals surface area contributed by atoms with Gasteiger partial charge in [-0.2, -0.15) is 0 Å². The summed E-state index contributed by atoms with van der Waals surface area (Å²) in [6.07, 6.45) is 7.33. The van der Waals surface area contributed by atoms with E-state index < -0.39 is 0 Å². The average molecular weight is 165 g/mol. The van der Waals surface area contributed by atoms with Crippen LogP contribution in [0.5, 0.6) is 0 Å². The molecular formula is C9H11NO2. The summed E-state index contributed by atoms with van der Waals surface area (Å²) in [6.45, 7) is 0.886. The molecule has 2 fully saturated rings. The first-order chi connectivity index (χ1) is 5.83. The van der Waals surface area contributed by atoms with Crippen molar-refractivity contribution >= 4 is 6.09 Å². The highest BCUT2D eigenvalue weighted by Gasteiger charge is 2.57. The predicted octanol–water partition coefficient (Wildman–Crippen LogP) is 1.30. The third-order valence-electron chi connectivity index (χ3n) is 3.29. The highest BCUT2D eigenvalue weighted by atomic mass is 16.6. The van der Waals surface area contributed by atoms with Gasteiger partial charge in [0.05, 0.1) is 5.54 Å². The summed E-state index contributed by atoms with van der Waals surface area (Å²) in [5, 5.41) is 0. The smallest absolute Gasteiger partial charge is 0.411 e. The van der Waals surface area contributed by atoms with Crippen molar-refractivity contribution in [2.24, 2.45) is 0 Å². The molecular weight excluding hydrogens is 154 g/mol. The van der Waals surface area contributed by atoms with Gasteiger partial charge in [0.2, 0.25) is 0 Å². The first-order valence-electron chi connectivity index (χ1n) is 4.48. The van der Waals surface area contributed by atoms with Crippen molar-refractivity contribution in [1.82, 2.24) is 4.90 Å². The van der Waals surface area contributed by atoms with Crippen molar-refractivity contribution in [1.29, 1.82) is 0 Å². The number of ether oxygens (including phenoxy) is 1. The van der Waals surface area contributed by atoms with Crippen molar-refractivity contribution in [3.63, 3.8) is 0 Å². The second kappa shape index (κ2) is 1.84. The van der Waals surface area contributed by atoms with E-state index in [1.807, 2.05) is 11.0 Å². The van der Waals surface area contributed by atoms with Crippen molar-refractivity contribution < 1.29 is 9.53 Å². The largest absolute Gasteiger partial charge is 0.439 e. The zero-order chi connectivity index (χ0) is 8.18. The van der Waals surface area contributed by atoms with E-state index in [1.54, 1.807) is 0 Å². The second-order valence-corrected chi connectivity index (χ2v) is 3.80. The number of rotatable bonds is 0. The number of carbonyl (C=O) groups is 1. The maximum Gasteiger partial charge on any atom is 0.411 e. The Bertz CT molecular complexity index is 274. The number of amides is 1. The van der Waals surface area contributed by atoms with Crippen LogP contribution in [-0.4, -0.2) is 29.2 Å². The van der Waals surface area contributed by atoms with E-state index in [-0.39, 0.29) is 17.7 Å². The maximum absolute atomic E-state index is 11.3. The van der Waals surface area contributed by atoms with Crippen LogP contribution in [0.4, 0.5) is 4.79 Å². The lowest BCUT2D eigenvalue weighted by Gasteiger charge is -2.27. The maximum atomic E-state index is 11.3. The molecule has 0 aromatic heterocycles. The molecule has 1 aliphatic carbocycles. The van der Waals surface area contributed by atoms with Gasteiger partial charge in [-0.3, -0.25) is 4.90 Å². The Balaban J connectivity index is 2.06. The van der Waals surface area contributed by atoms with E-state index in [0.29, 0.717) is 0 Å². The van der Waals surface area contributed by atoms with E-state index in [4.69, 9.17) is 4.74 Å². The minimum Gasteiger partial charge on any atom is -0.439 e. The fourth-order valence-electron chi connectivity index (χ4n) is 2.69. The van der Waals surface area contributed by atoms with Crippen LogP contribution in [-0.2, 0) is 4.74 Å². The zero-order valence-corrected chi connectivity index (χ0v) is 6.82. The van der Waals surface area contributed by atoms with Crippen LogP contribution in [0.3, 0.4) is 0 Å². The molecule has 3 heteroatoms. The van der Waals surface area contributed by atoms with Crippen LogP contribution in [0.15, 0.2) is 12.2 Å². The molecule has 12 heavy (non-hydrogen) atoms. The summed E-state index contributed by atoms with van der Waals surface area (Å²) in [6, 6.07) is 0. The fourth-order valence-corrected chi connectivity index (χ4v) is 2.69. The topological polar surface area (TPSA) is 29.5 Å². The molecule has 0 N–H and O–H groups in total. The summed E-state index contributed by atoms with van der Waals surface area (Å²) in [7, 11) is 0. The third kappa shape index (κ3) is 0.531. The van der Waals surface area contributed by atoms with Crippen LogP contribution < -0.4 is 0 Å². The van der Waals surface area contributed by atoms with E-state index in [1.165, 1.54) is 0 Å². The Labute approximate surface area is 71.0 Å². The van der Waals surface area contributed by atoms with Gasteiger partial charge in [0.25, 0.3) is 0 Å². The van der Waals surface area contributed by atoms with E-state index in [2.05, 4.69) is 6.08 Å². The summed E-state index contributed by atoms with van der Waals surface area (Å²) < 4.78 is 5.24. The molecule has 3 aliphatic rings. The second-order valence-electron chi connectivity index (χ2n) is 3.80. The Morgan fingerprint density at radius 1 is 1.67 bits per heavy atom. The van der Waals surface area contributed by atoms with Crippen molar-refractivity contribution in [3.05, 3.63) is 12.2 Å². The molecule has 0 saturated carbocycles. The van der Waals surface area contributed by atoms with Crippen LogP contribution in [0.25, 0.3) is 0 Å². The average Bonchev–Trinajstić information content (AvgIpc) is 2.63. The lowest BCUT2D eigenvalue weighted by molar-refractivity contribution is 0.140. The highest BCUT2D eigenvalue weighted by Crippen LogP contribution is 2.45. The van der Waals surface area contributed by atoms with E-state index >= 15 is 0 Å². The molecule has 3 rings (SSSR count). The zero-order valence-electron chi connectivity index (χ0n) is 6.82. The number of carbonyl (C=O) groups excluding carboxylic acids is 1. The first-order valence-corrected chi connectivity index (χ1v) is 4.48. The molecule has 0 aromatic carbocycles. The van der Waals surface area contributed by atoms with Gasteiger partial charge >= 0.3 is 6.09 Å². The van der Waals surface area contributed by atoms with Gasteiger partial charge < -0.3 is 4.74 Å². The Hall–Kier alpha value is -0.990. The number of hydrogen-bond donors (Lipinski definition) is 0. The minimum atomic E-state index is -0.109. The van der Waals surface area contributed by atoms with Crippen LogP contribution in [0, 0.1) is 0 Å².